The number of carbonyl (C=O) groups excluding carboxylic acids is 2. The van der Waals surface area contributed by atoms with Gasteiger partial charge in [0.1, 0.15) is 22.4 Å². The van der Waals surface area contributed by atoms with Gasteiger partial charge in [-0.15, -0.1) is 11.3 Å². The monoisotopic (exact) mass is 424 g/mol. The Morgan fingerprint density at radius 2 is 2.07 bits per heavy atom. The highest BCUT2D eigenvalue weighted by atomic mass is 32.1. The summed E-state index contributed by atoms with van der Waals surface area (Å²) < 4.78 is 10.4. The van der Waals surface area contributed by atoms with E-state index in [2.05, 4.69) is 12.2 Å². The second-order valence-electron chi connectivity index (χ2n) is 7.05. The number of aryl methyl sites for hydroxylation is 1. The van der Waals surface area contributed by atoms with Gasteiger partial charge in [-0.2, -0.15) is 5.26 Å². The molecular formula is C23H24N2O4S. The predicted molar refractivity (Wildman–Crippen MR) is 117 cm³/mol. The molecule has 1 unspecified atom stereocenters. The van der Waals surface area contributed by atoms with Crippen molar-refractivity contribution in [3.05, 3.63) is 51.4 Å². The second kappa shape index (κ2) is 9.59. The molecule has 0 saturated heterocycles. The van der Waals surface area contributed by atoms with Crippen LogP contribution in [0.5, 0.6) is 5.75 Å². The van der Waals surface area contributed by atoms with Crippen molar-refractivity contribution in [2.75, 3.05) is 19.0 Å². The van der Waals surface area contributed by atoms with E-state index >= 15 is 0 Å². The van der Waals surface area contributed by atoms with Crippen LogP contribution in [0.2, 0.25) is 0 Å². The number of nitrogens with zero attached hydrogens (tertiary/aromatic N) is 1. The lowest BCUT2D eigenvalue weighted by Gasteiger charge is -2.19. The molecule has 1 aromatic carbocycles. The van der Waals surface area contributed by atoms with Gasteiger partial charge in [0, 0.05) is 4.88 Å². The van der Waals surface area contributed by atoms with Crippen LogP contribution in [0.1, 0.15) is 59.0 Å². The number of amides is 1. The Morgan fingerprint density at radius 3 is 2.70 bits per heavy atom. The minimum Gasteiger partial charge on any atom is -0.497 e. The van der Waals surface area contributed by atoms with Crippen molar-refractivity contribution >= 4 is 34.3 Å². The van der Waals surface area contributed by atoms with Crippen molar-refractivity contribution in [3.8, 4) is 11.8 Å². The number of nitriles is 1. The topological polar surface area (TPSA) is 88.4 Å². The normalized spacial score (nSPS) is 15.7. The van der Waals surface area contributed by atoms with Crippen molar-refractivity contribution in [2.24, 2.45) is 0 Å². The van der Waals surface area contributed by atoms with E-state index in [0.29, 0.717) is 21.9 Å². The predicted octanol–water partition coefficient (Wildman–Crippen LogP) is 4.92. The van der Waals surface area contributed by atoms with Crippen molar-refractivity contribution in [2.45, 2.75) is 39.0 Å². The molecule has 1 aromatic heterocycles. The van der Waals surface area contributed by atoms with Crippen LogP contribution in [0.3, 0.4) is 0 Å². The number of rotatable bonds is 6. The van der Waals surface area contributed by atoms with Crippen LogP contribution in [-0.2, 0) is 16.0 Å². The van der Waals surface area contributed by atoms with Gasteiger partial charge in [0.2, 0.25) is 0 Å². The molecular weight excluding hydrogens is 400 g/mol. The van der Waals surface area contributed by atoms with Gasteiger partial charge in [-0.05, 0) is 61.4 Å². The molecule has 0 bridgehead atoms. The number of carbonyl (C=O) groups is 2. The number of nitrogens with one attached hydrogen (secondary N) is 1. The molecule has 30 heavy (non-hydrogen) atoms. The Bertz CT molecular complexity index is 1020. The molecule has 1 N–H and O–H groups in total. The average Bonchev–Trinajstić information content (AvgIpc) is 3.11. The summed E-state index contributed by atoms with van der Waals surface area (Å²) in [7, 11) is 1.57. The van der Waals surface area contributed by atoms with Gasteiger partial charge in [-0.1, -0.05) is 19.1 Å². The first kappa shape index (κ1) is 21.6. The maximum Gasteiger partial charge on any atom is 0.341 e. The second-order valence-corrected chi connectivity index (χ2v) is 8.16. The summed E-state index contributed by atoms with van der Waals surface area (Å²) in [5.41, 5.74) is 2.05. The summed E-state index contributed by atoms with van der Waals surface area (Å²) in [4.78, 5) is 26.6. The Balaban J connectivity index is 1.92. The zero-order valence-electron chi connectivity index (χ0n) is 17.3. The zero-order chi connectivity index (χ0) is 21.7. The highest BCUT2D eigenvalue weighted by Gasteiger charge is 2.31. The average molecular weight is 425 g/mol. The van der Waals surface area contributed by atoms with Gasteiger partial charge in [0.05, 0.1) is 19.3 Å². The van der Waals surface area contributed by atoms with Crippen LogP contribution in [-0.4, -0.2) is 25.6 Å². The van der Waals surface area contributed by atoms with Crippen LogP contribution in [0, 0.1) is 11.3 Å². The third-order valence-corrected chi connectivity index (χ3v) is 6.24. The maximum atomic E-state index is 12.8. The van der Waals surface area contributed by atoms with Gasteiger partial charge in [-0.25, -0.2) is 4.79 Å². The first-order valence-electron chi connectivity index (χ1n) is 9.88. The first-order valence-corrected chi connectivity index (χ1v) is 10.7. The molecule has 0 radical (unpaired) electrons. The van der Waals surface area contributed by atoms with E-state index in [4.69, 9.17) is 9.47 Å². The van der Waals surface area contributed by atoms with Crippen LogP contribution < -0.4 is 10.1 Å². The molecule has 156 valence electrons. The minimum atomic E-state index is -0.551. The lowest BCUT2D eigenvalue weighted by molar-refractivity contribution is -0.112. The van der Waals surface area contributed by atoms with Gasteiger partial charge in [0.25, 0.3) is 5.91 Å². The fourth-order valence-electron chi connectivity index (χ4n) is 3.59. The standard InChI is InChI=1S/C23H24N2O4S/c1-4-29-23(27)20-19-14(2)6-5-7-18(19)30-22(20)25-21(26)16(13-24)12-15-8-10-17(28-3)11-9-15/h8-12,14H,4-7H2,1-3H3,(H,25,26)/b16-12+. The Hall–Kier alpha value is -3.11. The van der Waals surface area contributed by atoms with Gasteiger partial charge in [-0.3, -0.25) is 4.79 Å². The minimum absolute atomic E-state index is 0.0469. The maximum absolute atomic E-state index is 12.8. The van der Waals surface area contributed by atoms with E-state index in [0.717, 1.165) is 29.7 Å². The molecule has 7 heteroatoms. The van der Waals surface area contributed by atoms with E-state index in [-0.39, 0.29) is 18.1 Å². The number of hydrogen-bond acceptors (Lipinski definition) is 6. The molecule has 1 atom stereocenters. The van der Waals surface area contributed by atoms with Crippen LogP contribution in [0.15, 0.2) is 29.8 Å². The van der Waals surface area contributed by atoms with E-state index in [1.165, 1.54) is 17.4 Å². The van der Waals surface area contributed by atoms with Crippen LogP contribution >= 0.6 is 11.3 Å². The Morgan fingerprint density at radius 1 is 1.33 bits per heavy atom. The molecule has 6 nitrogen and oxygen atoms in total. The van der Waals surface area contributed by atoms with E-state index in [1.54, 1.807) is 38.3 Å². The van der Waals surface area contributed by atoms with Gasteiger partial charge >= 0.3 is 5.97 Å². The van der Waals surface area contributed by atoms with Crippen LogP contribution in [0.4, 0.5) is 5.00 Å². The summed E-state index contributed by atoms with van der Waals surface area (Å²) in [6.45, 7) is 4.10. The van der Waals surface area contributed by atoms with Crippen molar-refractivity contribution < 1.29 is 19.1 Å². The molecule has 1 amide bonds. The highest BCUT2D eigenvalue weighted by molar-refractivity contribution is 7.17. The van der Waals surface area contributed by atoms with E-state index in [1.807, 2.05) is 6.07 Å². The van der Waals surface area contributed by atoms with Crippen molar-refractivity contribution in [3.63, 3.8) is 0 Å². The number of hydrogen-bond donors (Lipinski definition) is 1. The number of anilines is 1. The Labute approximate surface area is 180 Å². The first-order chi connectivity index (χ1) is 14.5. The van der Waals surface area contributed by atoms with E-state index in [9.17, 15) is 14.9 Å². The molecule has 0 spiro atoms. The number of ether oxygens (including phenoxy) is 2. The van der Waals surface area contributed by atoms with E-state index < -0.39 is 11.9 Å². The van der Waals surface area contributed by atoms with Crippen molar-refractivity contribution in [1.82, 2.24) is 0 Å². The summed E-state index contributed by atoms with van der Waals surface area (Å²) in [5.74, 6) is -0.0744. The van der Waals surface area contributed by atoms with Crippen molar-refractivity contribution in [1.29, 1.82) is 5.26 Å². The highest BCUT2D eigenvalue weighted by Crippen LogP contribution is 2.43. The SMILES string of the molecule is CCOC(=O)c1c(NC(=O)/C(C#N)=C/c2ccc(OC)cc2)sc2c1C(C)CCC2. The molecule has 0 fully saturated rings. The third kappa shape index (κ3) is 4.55. The molecule has 3 rings (SSSR count). The largest absolute Gasteiger partial charge is 0.497 e. The molecule has 1 aliphatic carbocycles. The molecule has 1 heterocycles. The molecule has 0 aliphatic heterocycles. The third-order valence-electron chi connectivity index (χ3n) is 5.05. The smallest absolute Gasteiger partial charge is 0.341 e. The van der Waals surface area contributed by atoms with Gasteiger partial charge < -0.3 is 14.8 Å². The fourth-order valence-corrected chi connectivity index (χ4v) is 4.94. The summed E-state index contributed by atoms with van der Waals surface area (Å²) in [6, 6.07) is 8.99. The lowest BCUT2D eigenvalue weighted by Crippen LogP contribution is -2.17. The number of fused-ring (bicyclic) bond motifs is 1. The fraction of sp³-hybridized carbons (Fsp3) is 0.348. The molecule has 0 saturated carbocycles. The van der Waals surface area contributed by atoms with Crippen LogP contribution in [0.25, 0.3) is 6.08 Å². The molecule has 1 aliphatic rings. The molecule has 2 aromatic rings. The lowest BCUT2D eigenvalue weighted by atomic mass is 9.86. The number of methoxy groups -OCH3 is 1. The number of benzene rings is 1. The Kier molecular flexibility index (Phi) is 6.91. The van der Waals surface area contributed by atoms with Gasteiger partial charge in [0.15, 0.2) is 0 Å². The summed E-state index contributed by atoms with van der Waals surface area (Å²) in [5, 5.41) is 12.7. The number of esters is 1. The quantitative estimate of drug-likeness (QED) is 0.404. The number of thiophene rings is 1. The summed E-state index contributed by atoms with van der Waals surface area (Å²) >= 11 is 1.40. The summed E-state index contributed by atoms with van der Waals surface area (Å²) in [6.07, 6.45) is 4.42. The zero-order valence-corrected chi connectivity index (χ0v) is 18.1.